The standard InChI is InChI=1S/C17H30N4O2S/c1-3-16-21-14(13-24-16)7-9-20-17(18-2)19-8-5-10-22-12-15-6-4-11-23-15/h13,15H,3-12H2,1-2H3,(H2,18,19,20). The van der Waals surface area contributed by atoms with Crippen LogP contribution in [0.15, 0.2) is 10.4 Å². The number of thiazole rings is 1. The van der Waals surface area contributed by atoms with Crippen molar-refractivity contribution < 1.29 is 9.47 Å². The topological polar surface area (TPSA) is 67.8 Å². The van der Waals surface area contributed by atoms with Gasteiger partial charge in [-0.15, -0.1) is 11.3 Å². The predicted octanol–water partition coefficient (Wildman–Crippen LogP) is 2.00. The Labute approximate surface area is 149 Å². The van der Waals surface area contributed by atoms with E-state index in [-0.39, 0.29) is 0 Å². The van der Waals surface area contributed by atoms with Crippen LogP contribution >= 0.6 is 11.3 Å². The van der Waals surface area contributed by atoms with E-state index in [0.717, 1.165) is 76.7 Å². The number of hydrogen-bond donors (Lipinski definition) is 2. The fourth-order valence-electron chi connectivity index (χ4n) is 2.53. The van der Waals surface area contributed by atoms with E-state index in [1.807, 2.05) is 0 Å². The second-order valence-electron chi connectivity index (χ2n) is 5.83. The van der Waals surface area contributed by atoms with Gasteiger partial charge in [-0.2, -0.15) is 0 Å². The van der Waals surface area contributed by atoms with Crippen LogP contribution in [0.1, 0.15) is 36.9 Å². The number of guanidine groups is 1. The molecule has 1 aromatic heterocycles. The van der Waals surface area contributed by atoms with Crippen molar-refractivity contribution in [3.63, 3.8) is 0 Å². The van der Waals surface area contributed by atoms with Crippen molar-refractivity contribution in [3.05, 3.63) is 16.1 Å². The molecule has 1 saturated heterocycles. The zero-order valence-corrected chi connectivity index (χ0v) is 15.7. The molecule has 2 rings (SSSR count). The van der Waals surface area contributed by atoms with Gasteiger partial charge in [-0.05, 0) is 25.7 Å². The molecule has 6 nitrogen and oxygen atoms in total. The molecule has 1 aromatic rings. The van der Waals surface area contributed by atoms with Gasteiger partial charge in [0.2, 0.25) is 0 Å². The summed E-state index contributed by atoms with van der Waals surface area (Å²) in [5.41, 5.74) is 1.15. The zero-order valence-electron chi connectivity index (χ0n) is 14.8. The Balaban J connectivity index is 1.49. The van der Waals surface area contributed by atoms with Crippen molar-refractivity contribution >= 4 is 17.3 Å². The number of hydrogen-bond acceptors (Lipinski definition) is 5. The Morgan fingerprint density at radius 2 is 2.33 bits per heavy atom. The summed E-state index contributed by atoms with van der Waals surface area (Å²) in [5.74, 6) is 0.833. The van der Waals surface area contributed by atoms with E-state index in [0.29, 0.717) is 6.10 Å². The normalized spacial score (nSPS) is 18.1. The van der Waals surface area contributed by atoms with Gasteiger partial charge in [0.25, 0.3) is 0 Å². The number of ether oxygens (including phenoxy) is 2. The molecule has 0 radical (unpaired) electrons. The summed E-state index contributed by atoms with van der Waals surface area (Å²) in [6.07, 6.45) is 5.50. The Kier molecular flexibility index (Phi) is 9.09. The van der Waals surface area contributed by atoms with Gasteiger partial charge in [-0.1, -0.05) is 6.92 Å². The summed E-state index contributed by atoms with van der Waals surface area (Å²) in [6.45, 7) is 6.18. The number of aryl methyl sites for hydroxylation is 1. The summed E-state index contributed by atoms with van der Waals surface area (Å²) >= 11 is 1.74. The molecule has 0 saturated carbocycles. The van der Waals surface area contributed by atoms with Crippen molar-refractivity contribution in [1.29, 1.82) is 0 Å². The lowest BCUT2D eigenvalue weighted by atomic mass is 10.2. The lowest BCUT2D eigenvalue weighted by Crippen LogP contribution is -2.39. The molecule has 2 heterocycles. The highest BCUT2D eigenvalue weighted by Crippen LogP contribution is 2.12. The van der Waals surface area contributed by atoms with Crippen LogP contribution in [0.2, 0.25) is 0 Å². The predicted molar refractivity (Wildman–Crippen MR) is 99.0 cm³/mol. The second kappa shape index (κ2) is 11.4. The van der Waals surface area contributed by atoms with Crippen molar-refractivity contribution in [2.24, 2.45) is 4.99 Å². The third-order valence-corrected chi connectivity index (χ3v) is 4.93. The third-order valence-electron chi connectivity index (χ3n) is 3.88. The summed E-state index contributed by atoms with van der Waals surface area (Å²) in [7, 11) is 1.79. The molecule has 1 atom stereocenters. The molecule has 7 heteroatoms. The molecule has 0 aromatic carbocycles. The Morgan fingerprint density at radius 3 is 3.04 bits per heavy atom. The van der Waals surface area contributed by atoms with Crippen LogP contribution in [0.4, 0.5) is 0 Å². The molecule has 24 heavy (non-hydrogen) atoms. The van der Waals surface area contributed by atoms with Gasteiger partial charge in [0.1, 0.15) is 0 Å². The van der Waals surface area contributed by atoms with Crippen LogP contribution in [-0.4, -0.2) is 57.0 Å². The number of nitrogens with one attached hydrogen (secondary N) is 2. The minimum absolute atomic E-state index is 0.311. The molecule has 1 aliphatic heterocycles. The van der Waals surface area contributed by atoms with Gasteiger partial charge in [0, 0.05) is 45.2 Å². The first kappa shape index (κ1) is 19.1. The van der Waals surface area contributed by atoms with E-state index >= 15 is 0 Å². The average Bonchev–Trinajstić information content (AvgIpc) is 3.27. The van der Waals surface area contributed by atoms with E-state index < -0.39 is 0 Å². The molecule has 1 fully saturated rings. The van der Waals surface area contributed by atoms with Crippen molar-refractivity contribution in [3.8, 4) is 0 Å². The minimum atomic E-state index is 0.311. The molecule has 1 unspecified atom stereocenters. The minimum Gasteiger partial charge on any atom is -0.379 e. The van der Waals surface area contributed by atoms with Gasteiger partial charge in [-0.3, -0.25) is 4.99 Å². The summed E-state index contributed by atoms with van der Waals surface area (Å²) in [4.78, 5) is 8.81. The highest BCUT2D eigenvalue weighted by atomic mass is 32.1. The zero-order chi connectivity index (χ0) is 17.0. The van der Waals surface area contributed by atoms with Gasteiger partial charge in [0.05, 0.1) is 23.4 Å². The Morgan fingerprint density at radius 1 is 1.46 bits per heavy atom. The lowest BCUT2D eigenvalue weighted by molar-refractivity contribution is 0.0168. The van der Waals surface area contributed by atoms with Gasteiger partial charge in [-0.25, -0.2) is 4.98 Å². The van der Waals surface area contributed by atoms with E-state index in [9.17, 15) is 0 Å². The van der Waals surface area contributed by atoms with E-state index in [1.165, 1.54) is 5.01 Å². The SMILES string of the molecule is CCc1nc(CCNC(=NC)NCCCOCC2CCCO2)cs1. The number of nitrogens with zero attached hydrogens (tertiary/aromatic N) is 2. The van der Waals surface area contributed by atoms with Crippen LogP contribution in [0.25, 0.3) is 0 Å². The number of aromatic nitrogens is 1. The first-order valence-corrected chi connectivity index (χ1v) is 9.77. The third kappa shape index (κ3) is 7.15. The lowest BCUT2D eigenvalue weighted by Gasteiger charge is -2.12. The summed E-state index contributed by atoms with van der Waals surface area (Å²) in [6, 6.07) is 0. The van der Waals surface area contributed by atoms with Crippen LogP contribution in [0.3, 0.4) is 0 Å². The monoisotopic (exact) mass is 354 g/mol. The average molecular weight is 355 g/mol. The van der Waals surface area contributed by atoms with Gasteiger partial charge >= 0.3 is 0 Å². The van der Waals surface area contributed by atoms with Crippen LogP contribution in [0.5, 0.6) is 0 Å². The van der Waals surface area contributed by atoms with Crippen molar-refractivity contribution in [2.75, 3.05) is 40.0 Å². The summed E-state index contributed by atoms with van der Waals surface area (Å²) in [5, 5.41) is 9.98. The van der Waals surface area contributed by atoms with Crippen molar-refractivity contribution in [1.82, 2.24) is 15.6 Å². The number of rotatable bonds is 10. The molecule has 0 spiro atoms. The number of aliphatic imine (C=N–C) groups is 1. The maximum atomic E-state index is 5.65. The van der Waals surface area contributed by atoms with Crippen molar-refractivity contribution in [2.45, 2.75) is 45.1 Å². The quantitative estimate of drug-likeness (QED) is 0.382. The van der Waals surface area contributed by atoms with Crippen LogP contribution in [-0.2, 0) is 22.3 Å². The van der Waals surface area contributed by atoms with Crippen LogP contribution < -0.4 is 10.6 Å². The highest BCUT2D eigenvalue weighted by molar-refractivity contribution is 7.09. The first-order valence-electron chi connectivity index (χ1n) is 8.89. The molecule has 136 valence electrons. The largest absolute Gasteiger partial charge is 0.379 e. The first-order chi connectivity index (χ1) is 11.8. The molecule has 2 N–H and O–H groups in total. The Bertz CT molecular complexity index is 487. The smallest absolute Gasteiger partial charge is 0.190 e. The molecular weight excluding hydrogens is 324 g/mol. The van der Waals surface area contributed by atoms with E-state index in [2.05, 4.69) is 32.9 Å². The fourth-order valence-corrected chi connectivity index (χ4v) is 3.31. The van der Waals surface area contributed by atoms with Gasteiger partial charge < -0.3 is 20.1 Å². The molecule has 0 amide bonds. The molecule has 0 aliphatic carbocycles. The molecular formula is C17H30N4O2S. The van der Waals surface area contributed by atoms with E-state index in [1.54, 1.807) is 18.4 Å². The van der Waals surface area contributed by atoms with E-state index in [4.69, 9.17) is 9.47 Å². The molecule has 1 aliphatic rings. The highest BCUT2D eigenvalue weighted by Gasteiger charge is 2.14. The fraction of sp³-hybridized carbons (Fsp3) is 0.765. The van der Waals surface area contributed by atoms with Crippen LogP contribution in [0, 0.1) is 0 Å². The maximum absolute atomic E-state index is 5.65. The molecule has 0 bridgehead atoms. The van der Waals surface area contributed by atoms with Gasteiger partial charge in [0.15, 0.2) is 5.96 Å². The maximum Gasteiger partial charge on any atom is 0.190 e. The second-order valence-corrected chi connectivity index (χ2v) is 6.77. The summed E-state index contributed by atoms with van der Waals surface area (Å²) < 4.78 is 11.2. The Hall–Kier alpha value is -1.18.